The van der Waals surface area contributed by atoms with E-state index >= 15 is 0 Å². The van der Waals surface area contributed by atoms with Gasteiger partial charge in [-0.2, -0.15) is 4.37 Å². The Kier molecular flexibility index (Phi) is 2.74. The van der Waals surface area contributed by atoms with Crippen molar-refractivity contribution in [3.63, 3.8) is 0 Å². The van der Waals surface area contributed by atoms with Crippen molar-refractivity contribution in [1.29, 1.82) is 0 Å². The zero-order chi connectivity index (χ0) is 11.9. The van der Waals surface area contributed by atoms with E-state index in [-0.39, 0.29) is 17.2 Å². The van der Waals surface area contributed by atoms with Gasteiger partial charge in [0.1, 0.15) is 5.60 Å². The Bertz CT molecular complexity index is 393. The highest BCUT2D eigenvalue weighted by Crippen LogP contribution is 2.48. The molecule has 94 valence electrons. The highest BCUT2D eigenvalue weighted by Gasteiger charge is 2.58. The second-order valence-corrected chi connectivity index (χ2v) is 5.82. The van der Waals surface area contributed by atoms with Crippen LogP contribution < -0.4 is 5.32 Å². The quantitative estimate of drug-likeness (QED) is 0.829. The summed E-state index contributed by atoms with van der Waals surface area (Å²) in [6, 6.07) is 2.22. The molecule has 5 heteroatoms. The molecular weight excluding hydrogens is 236 g/mol. The molecule has 1 aromatic rings. The highest BCUT2D eigenvalue weighted by atomic mass is 32.1. The minimum atomic E-state index is -0.278. The Morgan fingerprint density at radius 3 is 2.94 bits per heavy atom. The molecule has 3 rings (SSSR count). The van der Waals surface area contributed by atoms with Crippen LogP contribution in [-0.4, -0.2) is 35.3 Å². The largest absolute Gasteiger partial charge is 0.372 e. The van der Waals surface area contributed by atoms with Gasteiger partial charge in [0.15, 0.2) is 0 Å². The van der Waals surface area contributed by atoms with Crippen LogP contribution in [0, 0.1) is 0 Å². The van der Waals surface area contributed by atoms with E-state index in [1.165, 1.54) is 11.5 Å². The third kappa shape index (κ3) is 1.64. The number of morpholine rings is 1. The molecule has 1 aromatic heterocycles. The number of ether oxygens (including phenoxy) is 2. The maximum Gasteiger partial charge on any atom is 0.120 e. The van der Waals surface area contributed by atoms with Crippen LogP contribution in [0.3, 0.4) is 0 Å². The van der Waals surface area contributed by atoms with E-state index in [9.17, 15) is 0 Å². The summed E-state index contributed by atoms with van der Waals surface area (Å²) in [5.41, 5.74) is 0.530. The third-order valence-corrected chi connectivity index (χ3v) is 4.56. The highest BCUT2D eigenvalue weighted by molar-refractivity contribution is 7.03. The summed E-state index contributed by atoms with van der Waals surface area (Å²) in [6.45, 7) is 6.61. The van der Waals surface area contributed by atoms with Gasteiger partial charge >= 0.3 is 0 Å². The average molecular weight is 254 g/mol. The summed E-state index contributed by atoms with van der Waals surface area (Å²) in [4.78, 5) is 0. The van der Waals surface area contributed by atoms with Crippen molar-refractivity contribution in [3.05, 3.63) is 17.1 Å². The summed E-state index contributed by atoms with van der Waals surface area (Å²) in [7, 11) is 0. The van der Waals surface area contributed by atoms with E-state index < -0.39 is 0 Å². The first-order valence-corrected chi connectivity index (χ1v) is 6.91. The Morgan fingerprint density at radius 1 is 1.41 bits per heavy atom. The molecule has 1 N–H and O–H groups in total. The number of nitrogens with zero attached hydrogens (tertiary/aromatic N) is 1. The van der Waals surface area contributed by atoms with Gasteiger partial charge in [0.2, 0.25) is 0 Å². The minimum absolute atomic E-state index is 0.139. The summed E-state index contributed by atoms with van der Waals surface area (Å²) >= 11 is 1.49. The molecule has 3 heterocycles. The molecule has 0 radical (unpaired) electrons. The van der Waals surface area contributed by atoms with Crippen LogP contribution >= 0.6 is 11.5 Å². The molecule has 2 saturated heterocycles. The third-order valence-electron chi connectivity index (χ3n) is 3.99. The van der Waals surface area contributed by atoms with Crippen molar-refractivity contribution in [2.45, 2.75) is 37.5 Å². The van der Waals surface area contributed by atoms with Gasteiger partial charge in [0, 0.05) is 18.3 Å². The second-order valence-electron chi connectivity index (χ2n) is 5.16. The zero-order valence-corrected chi connectivity index (χ0v) is 11.0. The first-order chi connectivity index (χ1) is 8.16. The fourth-order valence-electron chi connectivity index (χ4n) is 3.02. The van der Waals surface area contributed by atoms with Crippen LogP contribution in [0.2, 0.25) is 0 Å². The summed E-state index contributed by atoms with van der Waals surface area (Å²) in [6.07, 6.45) is 0.926. The number of hydrogen-bond acceptors (Lipinski definition) is 5. The van der Waals surface area contributed by atoms with Crippen LogP contribution in [-0.2, 0) is 9.47 Å². The number of aromatic nitrogens is 1. The van der Waals surface area contributed by atoms with Crippen molar-refractivity contribution in [3.8, 4) is 0 Å². The molecule has 2 unspecified atom stereocenters. The van der Waals surface area contributed by atoms with E-state index in [1.807, 2.05) is 5.38 Å². The summed E-state index contributed by atoms with van der Waals surface area (Å²) < 4.78 is 16.5. The molecule has 2 atom stereocenters. The van der Waals surface area contributed by atoms with Crippen LogP contribution in [0.4, 0.5) is 0 Å². The molecule has 0 bridgehead atoms. The summed E-state index contributed by atoms with van der Waals surface area (Å²) in [5, 5.41) is 5.57. The molecule has 1 spiro atoms. The molecule has 0 aromatic carbocycles. The molecular formula is C12H18N2O2S. The van der Waals surface area contributed by atoms with Crippen molar-refractivity contribution < 1.29 is 9.47 Å². The molecule has 17 heavy (non-hydrogen) atoms. The maximum atomic E-state index is 6.16. The van der Waals surface area contributed by atoms with E-state index in [0.29, 0.717) is 0 Å². The van der Waals surface area contributed by atoms with Gasteiger partial charge in [-0.15, -0.1) is 0 Å². The van der Waals surface area contributed by atoms with Gasteiger partial charge in [-0.25, -0.2) is 0 Å². The summed E-state index contributed by atoms with van der Waals surface area (Å²) in [5.74, 6) is 0. The fraction of sp³-hybridized carbons (Fsp3) is 0.750. The molecule has 0 saturated carbocycles. The van der Waals surface area contributed by atoms with Crippen LogP contribution in [0.25, 0.3) is 0 Å². The van der Waals surface area contributed by atoms with Gasteiger partial charge in [-0.05, 0) is 31.4 Å². The van der Waals surface area contributed by atoms with Crippen molar-refractivity contribution in [1.82, 2.24) is 9.69 Å². The molecule has 2 aliphatic rings. The van der Waals surface area contributed by atoms with Crippen molar-refractivity contribution in [2.75, 3.05) is 19.8 Å². The molecule has 2 aliphatic heterocycles. The lowest BCUT2D eigenvalue weighted by molar-refractivity contribution is -0.172. The van der Waals surface area contributed by atoms with E-state index in [1.54, 1.807) is 0 Å². The normalized spacial score (nSPS) is 36.5. The zero-order valence-electron chi connectivity index (χ0n) is 10.2. The molecule has 0 aliphatic carbocycles. The second kappa shape index (κ2) is 4.02. The van der Waals surface area contributed by atoms with Crippen LogP contribution in [0.1, 0.15) is 32.0 Å². The first kappa shape index (κ1) is 11.6. The Balaban J connectivity index is 2.00. The number of nitrogens with one attached hydrogen (secondary N) is 1. The van der Waals surface area contributed by atoms with E-state index in [0.717, 1.165) is 31.9 Å². The Hall–Kier alpha value is -0.490. The standard InChI is InChI=1S/C12H18N2O2S/c1-11(2)12(4-6-15-11)10(13-5-7-16-12)9-3-8-17-14-9/h3,8,10,13H,4-7H2,1-2H3. The maximum absolute atomic E-state index is 6.16. The fourth-order valence-corrected chi connectivity index (χ4v) is 3.57. The van der Waals surface area contributed by atoms with Crippen LogP contribution in [0.5, 0.6) is 0 Å². The lowest BCUT2D eigenvalue weighted by atomic mass is 9.77. The van der Waals surface area contributed by atoms with E-state index in [2.05, 4.69) is 29.6 Å². The van der Waals surface area contributed by atoms with E-state index in [4.69, 9.17) is 9.47 Å². The predicted octanol–water partition coefficient (Wildman–Crippen LogP) is 1.74. The molecule has 0 amide bonds. The SMILES string of the molecule is CC1(C)OCCC12OCCNC2c1ccsn1. The topological polar surface area (TPSA) is 43.4 Å². The van der Waals surface area contributed by atoms with Crippen molar-refractivity contribution >= 4 is 11.5 Å². The van der Waals surface area contributed by atoms with Crippen molar-refractivity contribution in [2.24, 2.45) is 0 Å². The van der Waals surface area contributed by atoms with Gasteiger partial charge in [0.05, 0.1) is 30.6 Å². The Labute approximate surface area is 105 Å². The lowest BCUT2D eigenvalue weighted by Crippen LogP contribution is -2.60. The van der Waals surface area contributed by atoms with Gasteiger partial charge in [0.25, 0.3) is 0 Å². The predicted molar refractivity (Wildman–Crippen MR) is 66.2 cm³/mol. The lowest BCUT2D eigenvalue weighted by Gasteiger charge is -2.47. The first-order valence-electron chi connectivity index (χ1n) is 6.07. The molecule has 2 fully saturated rings. The minimum Gasteiger partial charge on any atom is -0.372 e. The van der Waals surface area contributed by atoms with Gasteiger partial charge < -0.3 is 14.8 Å². The Morgan fingerprint density at radius 2 is 2.29 bits per heavy atom. The smallest absolute Gasteiger partial charge is 0.120 e. The van der Waals surface area contributed by atoms with Gasteiger partial charge in [-0.1, -0.05) is 0 Å². The molecule has 4 nitrogen and oxygen atoms in total. The van der Waals surface area contributed by atoms with Crippen LogP contribution in [0.15, 0.2) is 11.4 Å². The number of hydrogen-bond donors (Lipinski definition) is 1. The number of rotatable bonds is 1. The van der Waals surface area contributed by atoms with Gasteiger partial charge in [-0.3, -0.25) is 0 Å². The monoisotopic (exact) mass is 254 g/mol. The average Bonchev–Trinajstić information content (AvgIpc) is 2.90.